The smallest absolute Gasteiger partial charge is 0.138 e. The number of rotatable bonds is 5. The number of aromatic hydroxyl groups is 1. The third-order valence-corrected chi connectivity index (χ3v) is 3.53. The van der Waals surface area contributed by atoms with Crippen molar-refractivity contribution in [3.8, 4) is 5.75 Å². The van der Waals surface area contributed by atoms with Gasteiger partial charge in [-0.15, -0.1) is 0 Å². The summed E-state index contributed by atoms with van der Waals surface area (Å²) >= 11 is 11.7. The van der Waals surface area contributed by atoms with Gasteiger partial charge in [0.2, 0.25) is 0 Å². The zero-order chi connectivity index (χ0) is 13.0. The Balaban J connectivity index is 2.58. The normalized spacial score (nSPS) is 13.1. The van der Waals surface area contributed by atoms with E-state index in [9.17, 15) is 5.11 Å². The molecule has 1 aromatic rings. The van der Waals surface area contributed by atoms with Crippen LogP contribution in [0.1, 0.15) is 26.3 Å². The van der Waals surface area contributed by atoms with Crippen molar-refractivity contribution in [3.63, 3.8) is 0 Å². The lowest BCUT2D eigenvalue weighted by Gasteiger charge is -2.16. The van der Waals surface area contributed by atoms with E-state index in [-0.39, 0.29) is 5.75 Å². The van der Waals surface area contributed by atoms with Gasteiger partial charge in [0, 0.05) is 17.1 Å². The van der Waals surface area contributed by atoms with Gasteiger partial charge in [-0.25, -0.2) is 0 Å². The highest BCUT2D eigenvalue weighted by atomic mass is 35.5. The first-order chi connectivity index (χ1) is 7.91. The molecule has 0 saturated carbocycles. The van der Waals surface area contributed by atoms with Crippen LogP contribution in [0, 0.1) is 11.8 Å². The molecule has 1 atom stereocenters. The van der Waals surface area contributed by atoms with Crippen LogP contribution in [0.4, 0.5) is 0 Å². The van der Waals surface area contributed by atoms with E-state index < -0.39 is 0 Å². The summed E-state index contributed by atoms with van der Waals surface area (Å²) in [5, 5.41) is 13.9. The van der Waals surface area contributed by atoms with Crippen LogP contribution in [0.25, 0.3) is 0 Å². The molecule has 2 nitrogen and oxygen atoms in total. The van der Waals surface area contributed by atoms with Gasteiger partial charge in [0.05, 0.1) is 5.02 Å². The van der Waals surface area contributed by atoms with Gasteiger partial charge in [0.1, 0.15) is 5.75 Å². The number of hydrogen-bond acceptors (Lipinski definition) is 2. The molecule has 0 fully saturated rings. The summed E-state index contributed by atoms with van der Waals surface area (Å²) in [6, 6.07) is 3.27. The van der Waals surface area contributed by atoms with Crippen LogP contribution in [-0.4, -0.2) is 11.7 Å². The number of benzene rings is 1. The molecular weight excluding hydrogens is 257 g/mol. The molecule has 1 aromatic carbocycles. The van der Waals surface area contributed by atoms with E-state index in [1.165, 1.54) is 0 Å². The number of phenols is 1. The van der Waals surface area contributed by atoms with Crippen molar-refractivity contribution in [2.75, 3.05) is 6.54 Å². The molecule has 1 rings (SSSR count). The molecule has 2 N–H and O–H groups in total. The molecular formula is C13H19Cl2NO. The van der Waals surface area contributed by atoms with E-state index in [1.54, 1.807) is 12.1 Å². The van der Waals surface area contributed by atoms with Crippen LogP contribution in [0.15, 0.2) is 12.1 Å². The lowest BCUT2D eigenvalue weighted by atomic mass is 9.98. The molecule has 0 aromatic heterocycles. The molecule has 0 bridgehead atoms. The molecule has 96 valence electrons. The molecule has 0 saturated heterocycles. The molecule has 0 radical (unpaired) electrons. The topological polar surface area (TPSA) is 32.3 Å². The van der Waals surface area contributed by atoms with Gasteiger partial charge < -0.3 is 10.4 Å². The minimum atomic E-state index is 0.112. The minimum Gasteiger partial charge on any atom is -0.506 e. The summed E-state index contributed by atoms with van der Waals surface area (Å²) in [7, 11) is 0. The predicted molar refractivity (Wildman–Crippen MR) is 73.8 cm³/mol. The van der Waals surface area contributed by atoms with E-state index in [0.29, 0.717) is 28.4 Å². The molecule has 17 heavy (non-hydrogen) atoms. The van der Waals surface area contributed by atoms with Gasteiger partial charge in [-0.3, -0.25) is 0 Å². The van der Waals surface area contributed by atoms with E-state index >= 15 is 0 Å². The third kappa shape index (κ3) is 4.38. The first-order valence-corrected chi connectivity index (χ1v) is 6.55. The second-order valence-corrected chi connectivity index (χ2v) is 5.59. The van der Waals surface area contributed by atoms with E-state index in [1.807, 2.05) is 0 Å². The summed E-state index contributed by atoms with van der Waals surface area (Å²) in [6.07, 6.45) is 0. The Labute approximate surface area is 113 Å². The van der Waals surface area contributed by atoms with Crippen molar-refractivity contribution in [2.45, 2.75) is 27.3 Å². The minimum absolute atomic E-state index is 0.112. The van der Waals surface area contributed by atoms with Crippen LogP contribution in [0.3, 0.4) is 0 Å². The summed E-state index contributed by atoms with van der Waals surface area (Å²) in [5.74, 6) is 1.34. The van der Waals surface area contributed by atoms with Gasteiger partial charge in [-0.2, -0.15) is 0 Å². The van der Waals surface area contributed by atoms with Crippen LogP contribution >= 0.6 is 23.2 Å². The Morgan fingerprint density at radius 1 is 1.24 bits per heavy atom. The lowest BCUT2D eigenvalue weighted by molar-refractivity contribution is 0.390. The number of nitrogens with one attached hydrogen (secondary N) is 1. The fraction of sp³-hybridized carbons (Fsp3) is 0.538. The fourth-order valence-corrected chi connectivity index (χ4v) is 1.96. The van der Waals surface area contributed by atoms with Gasteiger partial charge >= 0.3 is 0 Å². The molecule has 0 spiro atoms. The van der Waals surface area contributed by atoms with Gasteiger partial charge in [-0.1, -0.05) is 44.0 Å². The first-order valence-electron chi connectivity index (χ1n) is 5.79. The fourth-order valence-electron chi connectivity index (χ4n) is 1.42. The van der Waals surface area contributed by atoms with Crippen molar-refractivity contribution in [1.29, 1.82) is 0 Å². The average Bonchev–Trinajstić information content (AvgIpc) is 2.24. The highest BCUT2D eigenvalue weighted by Gasteiger charge is 2.09. The van der Waals surface area contributed by atoms with Crippen molar-refractivity contribution in [3.05, 3.63) is 27.7 Å². The largest absolute Gasteiger partial charge is 0.506 e. The van der Waals surface area contributed by atoms with Gasteiger partial charge in [0.15, 0.2) is 0 Å². The quantitative estimate of drug-likeness (QED) is 0.849. The number of halogens is 2. The Kier molecular flexibility index (Phi) is 5.57. The van der Waals surface area contributed by atoms with Crippen molar-refractivity contribution < 1.29 is 5.11 Å². The van der Waals surface area contributed by atoms with Crippen molar-refractivity contribution in [2.24, 2.45) is 11.8 Å². The Morgan fingerprint density at radius 2 is 1.88 bits per heavy atom. The molecule has 0 amide bonds. The van der Waals surface area contributed by atoms with E-state index in [2.05, 4.69) is 26.1 Å². The van der Waals surface area contributed by atoms with E-state index in [4.69, 9.17) is 23.2 Å². The summed E-state index contributed by atoms with van der Waals surface area (Å²) in [6.45, 7) is 8.06. The SMILES string of the molecule is CC(C)C(C)CNCc1cc(Cl)cc(Cl)c1O. The standard InChI is InChI=1S/C13H19Cl2NO/c1-8(2)9(3)6-16-7-10-4-11(14)5-12(15)13(10)17/h4-5,8-9,16-17H,6-7H2,1-3H3. The Bertz CT molecular complexity index is 380. The summed E-state index contributed by atoms with van der Waals surface area (Å²) in [4.78, 5) is 0. The van der Waals surface area contributed by atoms with Crippen molar-refractivity contribution >= 4 is 23.2 Å². The van der Waals surface area contributed by atoms with Crippen LogP contribution < -0.4 is 5.32 Å². The molecule has 0 aliphatic heterocycles. The monoisotopic (exact) mass is 275 g/mol. The zero-order valence-corrected chi connectivity index (χ0v) is 11.9. The third-order valence-electron chi connectivity index (χ3n) is 3.03. The molecule has 1 unspecified atom stereocenters. The summed E-state index contributed by atoms with van der Waals surface area (Å²) < 4.78 is 0. The number of hydrogen-bond donors (Lipinski definition) is 2. The Hall–Kier alpha value is -0.440. The van der Waals surface area contributed by atoms with Crippen molar-refractivity contribution in [1.82, 2.24) is 5.32 Å². The van der Waals surface area contributed by atoms with Gasteiger partial charge in [0.25, 0.3) is 0 Å². The highest BCUT2D eigenvalue weighted by Crippen LogP contribution is 2.30. The maximum atomic E-state index is 9.77. The highest BCUT2D eigenvalue weighted by molar-refractivity contribution is 6.35. The van der Waals surface area contributed by atoms with Crippen LogP contribution in [0.2, 0.25) is 10.0 Å². The van der Waals surface area contributed by atoms with E-state index in [0.717, 1.165) is 12.1 Å². The lowest BCUT2D eigenvalue weighted by Crippen LogP contribution is -2.23. The molecule has 0 aliphatic carbocycles. The maximum Gasteiger partial charge on any atom is 0.138 e. The predicted octanol–water partition coefficient (Wildman–Crippen LogP) is 4.08. The van der Waals surface area contributed by atoms with Crippen LogP contribution in [0.5, 0.6) is 5.75 Å². The molecule has 0 aliphatic rings. The average molecular weight is 276 g/mol. The summed E-state index contributed by atoms with van der Waals surface area (Å²) in [5.41, 5.74) is 0.735. The first kappa shape index (κ1) is 14.6. The maximum absolute atomic E-state index is 9.77. The second-order valence-electron chi connectivity index (χ2n) is 4.75. The second kappa shape index (κ2) is 6.48. The Morgan fingerprint density at radius 3 is 2.47 bits per heavy atom. The van der Waals surface area contributed by atoms with Gasteiger partial charge in [-0.05, 0) is 30.5 Å². The zero-order valence-electron chi connectivity index (χ0n) is 10.4. The number of phenolic OH excluding ortho intramolecular Hbond substituents is 1. The molecule has 0 heterocycles. The van der Waals surface area contributed by atoms with Crippen LogP contribution in [-0.2, 0) is 6.54 Å². The molecule has 4 heteroatoms.